The van der Waals surface area contributed by atoms with Gasteiger partial charge in [0.05, 0.1) is 28.4 Å². The SMILES string of the molecule is COc1cc(-c2ccc(C(=O)N3CCN(CCCN4CCN(C(=O)c5ccc(-c6cc(OC)c(C(C)=O)c(OC)c6)cc5)CC4)CC3)cc2)cc(OC)c1C(C)=O.Cl.Cl. The predicted octanol–water partition coefficient (Wildman–Crippen LogP) is 6.91. The quantitative estimate of drug-likeness (QED) is 0.124. The van der Waals surface area contributed by atoms with Crippen LogP contribution in [0.3, 0.4) is 0 Å². The third-order valence-electron chi connectivity index (χ3n) is 10.9. The smallest absolute Gasteiger partial charge is 0.253 e. The fraction of sp³-hybridized carbons (Fsp3) is 0.378. The van der Waals surface area contributed by atoms with Crippen molar-refractivity contribution in [3.63, 3.8) is 0 Å². The Kier molecular flexibility index (Phi) is 16.7. The van der Waals surface area contributed by atoms with Gasteiger partial charge in [-0.2, -0.15) is 0 Å². The van der Waals surface area contributed by atoms with E-state index < -0.39 is 0 Å². The van der Waals surface area contributed by atoms with E-state index in [0.717, 1.165) is 67.9 Å². The van der Waals surface area contributed by atoms with Gasteiger partial charge in [-0.15, -0.1) is 24.8 Å². The second kappa shape index (κ2) is 21.2. The van der Waals surface area contributed by atoms with Gasteiger partial charge in [-0.25, -0.2) is 0 Å². The zero-order chi connectivity index (χ0) is 40.6. The van der Waals surface area contributed by atoms with Gasteiger partial charge >= 0.3 is 0 Å². The molecule has 6 rings (SSSR count). The molecule has 0 unspecified atom stereocenters. The van der Waals surface area contributed by atoms with Gasteiger partial charge in [-0.05, 0) is 104 Å². The topological polar surface area (TPSA) is 118 Å². The molecule has 316 valence electrons. The summed E-state index contributed by atoms with van der Waals surface area (Å²) in [5.74, 6) is 1.56. The van der Waals surface area contributed by atoms with Gasteiger partial charge in [0.25, 0.3) is 11.8 Å². The molecule has 0 atom stereocenters. The lowest BCUT2D eigenvalue weighted by Gasteiger charge is -2.37. The molecule has 2 heterocycles. The monoisotopic (exact) mass is 848 g/mol. The van der Waals surface area contributed by atoms with E-state index in [-0.39, 0.29) is 48.2 Å². The number of Topliss-reactive ketones (excluding diaryl/α,β-unsaturated/α-hetero) is 2. The number of halogens is 2. The summed E-state index contributed by atoms with van der Waals surface area (Å²) < 4.78 is 21.9. The molecule has 2 saturated heterocycles. The lowest BCUT2D eigenvalue weighted by molar-refractivity contribution is 0.0605. The first kappa shape index (κ1) is 46.5. The Labute approximate surface area is 359 Å². The first-order valence-corrected chi connectivity index (χ1v) is 19.3. The Balaban J connectivity index is 0.00000384. The number of methoxy groups -OCH3 is 4. The Bertz CT molecular complexity index is 1900. The molecule has 4 aromatic rings. The van der Waals surface area contributed by atoms with Gasteiger partial charge in [0, 0.05) is 63.5 Å². The van der Waals surface area contributed by atoms with Gasteiger partial charge in [-0.1, -0.05) is 24.3 Å². The number of nitrogens with zero attached hydrogens (tertiary/aromatic N) is 4. The van der Waals surface area contributed by atoms with Crippen LogP contribution in [0.25, 0.3) is 22.3 Å². The lowest BCUT2D eigenvalue weighted by atomic mass is 9.99. The normalized spacial score (nSPS) is 14.4. The maximum absolute atomic E-state index is 13.4. The number of rotatable bonds is 14. The van der Waals surface area contributed by atoms with E-state index in [2.05, 4.69) is 9.80 Å². The maximum Gasteiger partial charge on any atom is 0.253 e. The highest BCUT2D eigenvalue weighted by atomic mass is 35.5. The van der Waals surface area contributed by atoms with Crippen LogP contribution in [0.4, 0.5) is 0 Å². The molecule has 0 radical (unpaired) electrons. The van der Waals surface area contributed by atoms with Crippen molar-refractivity contribution >= 4 is 48.2 Å². The molecular weight excluding hydrogens is 795 g/mol. The summed E-state index contributed by atoms with van der Waals surface area (Å²) in [6.07, 6.45) is 1.02. The van der Waals surface area contributed by atoms with Crippen LogP contribution in [0.1, 0.15) is 61.7 Å². The van der Waals surface area contributed by atoms with E-state index in [9.17, 15) is 19.2 Å². The average molecular weight is 850 g/mol. The summed E-state index contributed by atoms with van der Waals surface area (Å²) in [6, 6.07) is 22.3. The highest BCUT2D eigenvalue weighted by molar-refractivity contribution is 6.02. The number of ether oxygens (including phenoxy) is 4. The molecule has 0 bridgehead atoms. The Morgan fingerprint density at radius 2 is 0.746 bits per heavy atom. The highest BCUT2D eigenvalue weighted by Gasteiger charge is 2.25. The van der Waals surface area contributed by atoms with E-state index in [1.165, 1.54) is 42.3 Å². The molecule has 12 nitrogen and oxygen atoms in total. The fourth-order valence-electron chi connectivity index (χ4n) is 7.69. The van der Waals surface area contributed by atoms with Crippen LogP contribution < -0.4 is 18.9 Å². The Morgan fingerprint density at radius 3 is 1.00 bits per heavy atom. The number of carbonyl (C=O) groups is 4. The van der Waals surface area contributed by atoms with Gasteiger partial charge in [-0.3, -0.25) is 29.0 Å². The maximum atomic E-state index is 13.4. The zero-order valence-corrected chi connectivity index (χ0v) is 36.2. The molecule has 0 spiro atoms. The number of hydrogen-bond acceptors (Lipinski definition) is 10. The number of carbonyl (C=O) groups excluding carboxylic acids is 4. The molecule has 2 aliphatic rings. The molecule has 0 aliphatic carbocycles. The molecule has 0 saturated carbocycles. The zero-order valence-electron chi connectivity index (χ0n) is 34.6. The second-order valence-corrected chi connectivity index (χ2v) is 14.4. The third-order valence-corrected chi connectivity index (χ3v) is 10.9. The Hall–Kier alpha value is -5.14. The number of amides is 2. The van der Waals surface area contributed by atoms with E-state index in [1.807, 2.05) is 82.6 Å². The van der Waals surface area contributed by atoms with Crippen molar-refractivity contribution in [2.24, 2.45) is 0 Å². The van der Waals surface area contributed by atoms with Crippen molar-refractivity contribution in [1.29, 1.82) is 0 Å². The minimum atomic E-state index is -0.137. The molecule has 14 heteroatoms. The summed E-state index contributed by atoms with van der Waals surface area (Å²) in [5.41, 5.74) is 5.53. The summed E-state index contributed by atoms with van der Waals surface area (Å²) in [4.78, 5) is 59.8. The number of benzene rings is 4. The highest BCUT2D eigenvalue weighted by Crippen LogP contribution is 2.37. The average Bonchev–Trinajstić information content (AvgIpc) is 3.25. The van der Waals surface area contributed by atoms with Crippen LogP contribution in [0.2, 0.25) is 0 Å². The predicted molar refractivity (Wildman–Crippen MR) is 234 cm³/mol. The first-order valence-electron chi connectivity index (χ1n) is 19.3. The molecule has 0 N–H and O–H groups in total. The van der Waals surface area contributed by atoms with E-state index in [4.69, 9.17) is 18.9 Å². The fourth-order valence-corrected chi connectivity index (χ4v) is 7.69. The van der Waals surface area contributed by atoms with Crippen molar-refractivity contribution in [1.82, 2.24) is 19.6 Å². The minimum Gasteiger partial charge on any atom is -0.496 e. The number of hydrogen-bond donors (Lipinski definition) is 0. The molecular formula is C45H54Cl2N4O8. The van der Waals surface area contributed by atoms with E-state index >= 15 is 0 Å². The van der Waals surface area contributed by atoms with Crippen LogP contribution in [0.5, 0.6) is 23.0 Å². The van der Waals surface area contributed by atoms with Crippen molar-refractivity contribution in [3.8, 4) is 45.3 Å². The second-order valence-electron chi connectivity index (χ2n) is 14.4. The molecule has 2 amide bonds. The van der Waals surface area contributed by atoms with Crippen molar-refractivity contribution < 1.29 is 38.1 Å². The van der Waals surface area contributed by atoms with E-state index in [0.29, 0.717) is 71.4 Å². The summed E-state index contributed by atoms with van der Waals surface area (Å²) >= 11 is 0. The first-order chi connectivity index (χ1) is 27.5. The molecule has 59 heavy (non-hydrogen) atoms. The Morgan fingerprint density at radius 1 is 0.458 bits per heavy atom. The van der Waals surface area contributed by atoms with Crippen LogP contribution in [-0.2, 0) is 0 Å². The van der Waals surface area contributed by atoms with Gasteiger partial charge in [0.1, 0.15) is 34.1 Å². The van der Waals surface area contributed by atoms with Crippen LogP contribution in [0, 0.1) is 0 Å². The summed E-state index contributed by atoms with van der Waals surface area (Å²) in [7, 11) is 6.11. The van der Waals surface area contributed by atoms with Crippen LogP contribution in [0.15, 0.2) is 72.8 Å². The van der Waals surface area contributed by atoms with Crippen LogP contribution >= 0.6 is 24.8 Å². The number of piperazine rings is 2. The molecule has 2 aliphatic heterocycles. The summed E-state index contributed by atoms with van der Waals surface area (Å²) in [6.45, 7) is 10.9. The number of ketones is 2. The van der Waals surface area contributed by atoms with Crippen molar-refractivity contribution in [3.05, 3.63) is 95.1 Å². The van der Waals surface area contributed by atoms with Gasteiger partial charge < -0.3 is 28.7 Å². The lowest BCUT2D eigenvalue weighted by Crippen LogP contribution is -2.50. The molecule has 2 fully saturated rings. The van der Waals surface area contributed by atoms with Crippen molar-refractivity contribution in [2.75, 3.05) is 93.9 Å². The summed E-state index contributed by atoms with van der Waals surface area (Å²) in [5, 5.41) is 0. The molecule has 4 aromatic carbocycles. The minimum absolute atomic E-state index is 0. The van der Waals surface area contributed by atoms with Crippen LogP contribution in [-0.4, -0.2) is 137 Å². The van der Waals surface area contributed by atoms with E-state index in [1.54, 1.807) is 0 Å². The van der Waals surface area contributed by atoms with Gasteiger partial charge in [0.15, 0.2) is 11.6 Å². The van der Waals surface area contributed by atoms with Crippen molar-refractivity contribution in [2.45, 2.75) is 20.3 Å². The largest absolute Gasteiger partial charge is 0.496 e. The molecule has 0 aromatic heterocycles. The van der Waals surface area contributed by atoms with Gasteiger partial charge in [0.2, 0.25) is 0 Å². The third kappa shape index (κ3) is 10.7. The standard InChI is InChI=1S/C45H52N4O8.2ClH/c1-30(50)42-38(54-3)26-36(27-39(42)55-4)32-8-12-34(13-9-32)44(52)48-22-18-46(19-23-48)16-7-17-47-20-24-49(25-21-47)45(53)35-14-10-33(11-15-35)37-28-40(56-5)43(31(2)51)41(29-37)57-6;;/h8-15,26-29H,7,16-25H2,1-6H3;2*1H.